The molecule has 5 nitrogen and oxygen atoms in total. The standard InChI is InChI=1S/C21H34N2O3/c1-5-7-14-26-17-10-8-16(9-11-17)12-13-23-19(24)21(22)15-18(25-6-2)20(21,3)4/h8-11,18H,5-7,12-15,22H2,1-4H3,(H,23,24). The van der Waals surface area contributed by atoms with E-state index >= 15 is 0 Å². The minimum absolute atomic E-state index is 0.0449. The molecule has 0 aliphatic heterocycles. The first-order chi connectivity index (χ1) is 12.3. The second-order valence-corrected chi connectivity index (χ2v) is 7.69. The summed E-state index contributed by atoms with van der Waals surface area (Å²) in [6.07, 6.45) is 3.58. The summed E-state index contributed by atoms with van der Waals surface area (Å²) >= 11 is 0. The second kappa shape index (κ2) is 8.87. The van der Waals surface area contributed by atoms with E-state index in [1.807, 2.05) is 45.0 Å². The van der Waals surface area contributed by atoms with Gasteiger partial charge in [-0.25, -0.2) is 0 Å². The van der Waals surface area contributed by atoms with Gasteiger partial charge in [-0.1, -0.05) is 39.3 Å². The number of hydrogen-bond donors (Lipinski definition) is 2. The lowest BCUT2D eigenvalue weighted by molar-refractivity contribution is -0.170. The topological polar surface area (TPSA) is 73.6 Å². The molecule has 1 aliphatic rings. The molecule has 3 N–H and O–H groups in total. The number of unbranched alkanes of at least 4 members (excludes halogenated alkanes) is 1. The fourth-order valence-electron chi connectivity index (χ4n) is 3.39. The fourth-order valence-corrected chi connectivity index (χ4v) is 3.39. The Morgan fingerprint density at radius 2 is 1.96 bits per heavy atom. The van der Waals surface area contributed by atoms with Crippen molar-refractivity contribution in [1.82, 2.24) is 5.32 Å². The molecule has 1 saturated carbocycles. The van der Waals surface area contributed by atoms with Crippen LogP contribution in [-0.4, -0.2) is 37.3 Å². The summed E-state index contributed by atoms with van der Waals surface area (Å²) in [5, 5.41) is 3.00. The van der Waals surface area contributed by atoms with E-state index < -0.39 is 5.54 Å². The van der Waals surface area contributed by atoms with Crippen LogP contribution in [0.2, 0.25) is 0 Å². The van der Waals surface area contributed by atoms with E-state index in [-0.39, 0.29) is 17.4 Å². The lowest BCUT2D eigenvalue weighted by Crippen LogP contribution is -2.75. The number of nitrogens with two attached hydrogens (primary N) is 1. The summed E-state index contributed by atoms with van der Waals surface area (Å²) in [5.74, 6) is 0.809. The Labute approximate surface area is 157 Å². The Morgan fingerprint density at radius 3 is 2.54 bits per heavy atom. The van der Waals surface area contributed by atoms with Crippen molar-refractivity contribution in [1.29, 1.82) is 0 Å². The van der Waals surface area contributed by atoms with Crippen molar-refractivity contribution in [3.05, 3.63) is 29.8 Å². The lowest BCUT2D eigenvalue weighted by atomic mass is 9.54. The average Bonchev–Trinajstić information content (AvgIpc) is 2.62. The molecule has 1 aromatic carbocycles. The van der Waals surface area contributed by atoms with E-state index in [9.17, 15) is 4.79 Å². The van der Waals surface area contributed by atoms with Gasteiger partial charge >= 0.3 is 0 Å². The molecule has 0 spiro atoms. The summed E-state index contributed by atoms with van der Waals surface area (Å²) in [6, 6.07) is 8.06. The maximum atomic E-state index is 12.6. The molecule has 1 aromatic rings. The number of rotatable bonds is 10. The molecule has 26 heavy (non-hydrogen) atoms. The molecule has 1 fully saturated rings. The molecule has 0 aromatic heterocycles. The quantitative estimate of drug-likeness (QED) is 0.628. The predicted molar refractivity (Wildman–Crippen MR) is 104 cm³/mol. The van der Waals surface area contributed by atoms with Crippen molar-refractivity contribution in [3.8, 4) is 5.75 Å². The van der Waals surface area contributed by atoms with Gasteiger partial charge in [0, 0.05) is 25.0 Å². The van der Waals surface area contributed by atoms with Crippen molar-refractivity contribution < 1.29 is 14.3 Å². The largest absolute Gasteiger partial charge is 0.494 e. The van der Waals surface area contributed by atoms with Gasteiger partial charge in [0.2, 0.25) is 5.91 Å². The number of nitrogens with one attached hydrogen (secondary N) is 1. The minimum atomic E-state index is -0.857. The SMILES string of the molecule is CCCCOc1ccc(CCNC(=O)C2(N)CC(OCC)C2(C)C)cc1. The summed E-state index contributed by atoms with van der Waals surface area (Å²) in [5.41, 5.74) is 6.35. The summed E-state index contributed by atoms with van der Waals surface area (Å²) in [4.78, 5) is 12.6. The van der Waals surface area contributed by atoms with E-state index in [1.54, 1.807) is 0 Å². The third-order valence-corrected chi connectivity index (χ3v) is 5.62. The van der Waals surface area contributed by atoms with Crippen LogP contribution in [0.3, 0.4) is 0 Å². The normalized spacial score (nSPS) is 24.0. The van der Waals surface area contributed by atoms with E-state index in [0.29, 0.717) is 19.6 Å². The fraction of sp³-hybridized carbons (Fsp3) is 0.667. The third-order valence-electron chi connectivity index (χ3n) is 5.62. The van der Waals surface area contributed by atoms with Gasteiger partial charge in [0.1, 0.15) is 11.3 Å². The highest BCUT2D eigenvalue weighted by molar-refractivity contribution is 5.88. The zero-order chi connectivity index (χ0) is 19.2. The Morgan fingerprint density at radius 1 is 1.27 bits per heavy atom. The van der Waals surface area contributed by atoms with Crippen LogP contribution in [0, 0.1) is 5.41 Å². The third kappa shape index (κ3) is 4.38. The van der Waals surface area contributed by atoms with Gasteiger partial charge in [0.05, 0.1) is 12.7 Å². The van der Waals surface area contributed by atoms with Crippen molar-refractivity contribution >= 4 is 5.91 Å². The molecule has 0 bridgehead atoms. The molecule has 0 heterocycles. The van der Waals surface area contributed by atoms with Crippen molar-refractivity contribution in [2.24, 2.45) is 11.1 Å². The van der Waals surface area contributed by atoms with Gasteiger partial charge in [0.25, 0.3) is 0 Å². The van der Waals surface area contributed by atoms with Gasteiger partial charge in [0.15, 0.2) is 0 Å². The van der Waals surface area contributed by atoms with E-state index in [4.69, 9.17) is 15.2 Å². The van der Waals surface area contributed by atoms with Crippen molar-refractivity contribution in [3.63, 3.8) is 0 Å². The van der Waals surface area contributed by atoms with Crippen LogP contribution in [0.25, 0.3) is 0 Å². The van der Waals surface area contributed by atoms with Crippen LogP contribution in [0.15, 0.2) is 24.3 Å². The highest BCUT2D eigenvalue weighted by Crippen LogP contribution is 2.49. The predicted octanol–water partition coefficient (Wildman–Crippen LogP) is 3.06. The Balaban J connectivity index is 1.78. The molecule has 2 unspecified atom stereocenters. The van der Waals surface area contributed by atoms with Gasteiger partial charge in [-0.2, -0.15) is 0 Å². The number of hydrogen-bond acceptors (Lipinski definition) is 4. The molecule has 0 saturated heterocycles. The van der Waals surface area contributed by atoms with Gasteiger partial charge in [-0.3, -0.25) is 4.79 Å². The molecule has 1 amide bonds. The van der Waals surface area contributed by atoms with E-state index in [1.165, 1.54) is 5.56 Å². The number of amides is 1. The summed E-state index contributed by atoms with van der Waals surface area (Å²) in [6.45, 7) is 10.1. The average molecular weight is 363 g/mol. The van der Waals surface area contributed by atoms with Crippen LogP contribution >= 0.6 is 0 Å². The molecule has 0 radical (unpaired) electrons. The first-order valence-electron chi connectivity index (χ1n) is 9.75. The molecular formula is C21H34N2O3. The van der Waals surface area contributed by atoms with Gasteiger partial charge in [-0.05, 0) is 37.5 Å². The lowest BCUT2D eigenvalue weighted by Gasteiger charge is -2.57. The van der Waals surface area contributed by atoms with Crippen LogP contribution in [0.1, 0.15) is 52.5 Å². The monoisotopic (exact) mass is 362 g/mol. The summed E-state index contributed by atoms with van der Waals surface area (Å²) < 4.78 is 11.4. The first-order valence-corrected chi connectivity index (χ1v) is 9.75. The van der Waals surface area contributed by atoms with Gasteiger partial charge in [-0.15, -0.1) is 0 Å². The van der Waals surface area contributed by atoms with Crippen molar-refractivity contribution in [2.75, 3.05) is 19.8 Å². The molecule has 1 aliphatic carbocycles. The van der Waals surface area contributed by atoms with E-state index in [2.05, 4.69) is 12.2 Å². The molecule has 2 rings (SSSR count). The Kier molecular flexibility index (Phi) is 7.07. The van der Waals surface area contributed by atoms with Crippen LogP contribution in [-0.2, 0) is 16.0 Å². The number of carbonyl (C=O) groups is 1. The maximum absolute atomic E-state index is 12.6. The number of ether oxygens (including phenoxy) is 2. The molecule has 146 valence electrons. The number of benzene rings is 1. The number of carbonyl (C=O) groups excluding carboxylic acids is 1. The second-order valence-electron chi connectivity index (χ2n) is 7.69. The zero-order valence-corrected chi connectivity index (χ0v) is 16.6. The Hall–Kier alpha value is -1.59. The van der Waals surface area contributed by atoms with E-state index in [0.717, 1.165) is 31.6 Å². The van der Waals surface area contributed by atoms with Crippen LogP contribution in [0.5, 0.6) is 5.75 Å². The zero-order valence-electron chi connectivity index (χ0n) is 16.6. The van der Waals surface area contributed by atoms with Crippen LogP contribution < -0.4 is 15.8 Å². The highest BCUT2D eigenvalue weighted by Gasteiger charge is 2.62. The van der Waals surface area contributed by atoms with Crippen molar-refractivity contribution in [2.45, 2.75) is 65.0 Å². The Bertz CT molecular complexity index is 585. The molecular weight excluding hydrogens is 328 g/mol. The summed E-state index contributed by atoms with van der Waals surface area (Å²) in [7, 11) is 0. The highest BCUT2D eigenvalue weighted by atomic mass is 16.5. The maximum Gasteiger partial charge on any atom is 0.240 e. The molecule has 2 atom stereocenters. The smallest absolute Gasteiger partial charge is 0.240 e. The van der Waals surface area contributed by atoms with Crippen LogP contribution in [0.4, 0.5) is 0 Å². The first kappa shape index (κ1) is 20.7. The molecule has 5 heteroatoms. The minimum Gasteiger partial charge on any atom is -0.494 e. The van der Waals surface area contributed by atoms with Gasteiger partial charge < -0.3 is 20.5 Å².